The van der Waals surface area contributed by atoms with E-state index in [-0.39, 0.29) is 0 Å². The largest absolute Gasteiger partial charge is 0.292 e. The molecule has 0 aliphatic heterocycles. The van der Waals surface area contributed by atoms with Gasteiger partial charge in [-0.3, -0.25) is 4.57 Å². The summed E-state index contributed by atoms with van der Waals surface area (Å²) in [4.78, 5) is 5.05. The number of benzene rings is 8. The Bertz CT molecular complexity index is 2630. The van der Waals surface area contributed by atoms with Crippen LogP contribution in [0.1, 0.15) is 25.3 Å². The van der Waals surface area contributed by atoms with Gasteiger partial charge in [-0.15, -0.1) is 0 Å². The minimum Gasteiger partial charge on any atom is -0.292 e. The average Bonchev–Trinajstić information content (AvgIpc) is 3.57. The van der Waals surface area contributed by atoms with E-state index >= 15 is 0 Å². The van der Waals surface area contributed by atoms with E-state index in [1.54, 1.807) is 0 Å². The first kappa shape index (κ1) is 29.9. The third-order valence-electron chi connectivity index (χ3n) is 9.98. The maximum atomic E-state index is 5.05. The van der Waals surface area contributed by atoms with Crippen molar-refractivity contribution in [1.29, 1.82) is 0 Å². The Morgan fingerprint density at radius 2 is 0.940 bits per heavy atom. The molecule has 8 aromatic carbocycles. The van der Waals surface area contributed by atoms with Gasteiger partial charge in [0.15, 0.2) is 0 Å². The van der Waals surface area contributed by atoms with Crippen LogP contribution in [-0.4, -0.2) is 9.55 Å². The molecule has 0 amide bonds. The molecule has 50 heavy (non-hydrogen) atoms. The topological polar surface area (TPSA) is 17.8 Å². The van der Waals surface area contributed by atoms with Gasteiger partial charge in [-0.2, -0.15) is 0 Å². The lowest BCUT2D eigenvalue weighted by atomic mass is 9.83. The Kier molecular flexibility index (Phi) is 7.36. The van der Waals surface area contributed by atoms with Crippen LogP contribution < -0.4 is 0 Å². The summed E-state index contributed by atoms with van der Waals surface area (Å²) >= 11 is 0. The Morgan fingerprint density at radius 1 is 0.420 bits per heavy atom. The van der Waals surface area contributed by atoms with Crippen LogP contribution in [0.5, 0.6) is 0 Å². The fourth-order valence-corrected chi connectivity index (χ4v) is 7.49. The number of rotatable bonds is 6. The Hall–Kier alpha value is -6.25. The lowest BCUT2D eigenvalue weighted by Crippen LogP contribution is -1.97. The number of aromatic nitrogens is 2. The predicted molar refractivity (Wildman–Crippen MR) is 212 cm³/mol. The monoisotopic (exact) mass is 640 g/mol. The highest BCUT2D eigenvalue weighted by Gasteiger charge is 2.19. The van der Waals surface area contributed by atoms with Crippen LogP contribution in [-0.2, 0) is 0 Å². The molecule has 0 atom stereocenters. The molecule has 0 aliphatic rings. The molecule has 238 valence electrons. The fraction of sp³-hybridized carbons (Fsp3) is 0.0625. The summed E-state index contributed by atoms with van der Waals surface area (Å²) in [5.41, 5.74) is 13.0. The van der Waals surface area contributed by atoms with Gasteiger partial charge in [0.25, 0.3) is 0 Å². The summed E-state index contributed by atoms with van der Waals surface area (Å²) in [5, 5.41) is 5.10. The SMILES string of the molecule is CC(C)c1ccc2c(-c3ccccc3)c3cc(-c4ccc(-n5c(-c6ccccc6)nc6ccccc65)cc4)ccc3c(-c3ccccc3)c2c1. The maximum absolute atomic E-state index is 5.05. The standard InChI is InChI=1S/C48H36N2/c1-32(2)37-24-28-40-42(30-37)46(34-14-6-3-7-15-34)41-29-25-38(31-43(41)47(40)35-16-8-4-9-17-35)33-22-26-39(27-23-33)50-45-21-13-12-20-44(45)49-48(50)36-18-10-5-11-19-36/h3-32H,1-2H3. The second-order valence-corrected chi connectivity index (χ2v) is 13.4. The molecule has 0 spiro atoms. The molecular formula is C48H36N2. The first-order valence-corrected chi connectivity index (χ1v) is 17.4. The van der Waals surface area contributed by atoms with Crippen molar-refractivity contribution in [2.75, 3.05) is 0 Å². The molecule has 0 unspecified atom stereocenters. The summed E-state index contributed by atoms with van der Waals surface area (Å²) in [7, 11) is 0. The number of fused-ring (bicyclic) bond motifs is 3. The molecule has 0 aliphatic carbocycles. The van der Waals surface area contributed by atoms with Gasteiger partial charge in [-0.25, -0.2) is 4.98 Å². The zero-order chi connectivity index (χ0) is 33.6. The van der Waals surface area contributed by atoms with Gasteiger partial charge in [-0.05, 0) is 96.7 Å². The van der Waals surface area contributed by atoms with E-state index in [1.165, 1.54) is 60.5 Å². The van der Waals surface area contributed by atoms with E-state index in [1.807, 2.05) is 6.07 Å². The Morgan fingerprint density at radius 3 is 1.56 bits per heavy atom. The van der Waals surface area contributed by atoms with Crippen molar-refractivity contribution in [3.8, 4) is 50.5 Å². The molecule has 1 heterocycles. The summed E-state index contributed by atoms with van der Waals surface area (Å²) in [6, 6.07) is 63.6. The number of nitrogens with zero attached hydrogens (tertiary/aromatic N) is 2. The van der Waals surface area contributed by atoms with Crippen molar-refractivity contribution in [2.24, 2.45) is 0 Å². The minimum absolute atomic E-state index is 0.438. The quantitative estimate of drug-likeness (QED) is 0.165. The van der Waals surface area contributed by atoms with Gasteiger partial charge in [0.1, 0.15) is 5.82 Å². The zero-order valence-corrected chi connectivity index (χ0v) is 28.2. The predicted octanol–water partition coefficient (Wildman–Crippen LogP) is 13.1. The van der Waals surface area contributed by atoms with Gasteiger partial charge in [0.05, 0.1) is 11.0 Å². The molecule has 0 saturated carbocycles. The molecule has 9 aromatic rings. The third-order valence-corrected chi connectivity index (χ3v) is 9.98. The lowest BCUT2D eigenvalue weighted by molar-refractivity contribution is 0.869. The van der Waals surface area contributed by atoms with Crippen LogP contribution in [0.15, 0.2) is 176 Å². The van der Waals surface area contributed by atoms with E-state index in [9.17, 15) is 0 Å². The highest BCUT2D eigenvalue weighted by Crippen LogP contribution is 2.45. The van der Waals surface area contributed by atoms with Crippen molar-refractivity contribution >= 4 is 32.6 Å². The van der Waals surface area contributed by atoms with Gasteiger partial charge < -0.3 is 0 Å². The second-order valence-electron chi connectivity index (χ2n) is 13.4. The van der Waals surface area contributed by atoms with Crippen molar-refractivity contribution in [1.82, 2.24) is 9.55 Å². The highest BCUT2D eigenvalue weighted by molar-refractivity contribution is 6.22. The van der Waals surface area contributed by atoms with Crippen LogP contribution >= 0.6 is 0 Å². The van der Waals surface area contributed by atoms with E-state index in [0.29, 0.717) is 5.92 Å². The molecule has 0 N–H and O–H groups in total. The Labute approximate surface area is 292 Å². The van der Waals surface area contributed by atoms with Crippen LogP contribution in [0.4, 0.5) is 0 Å². The Balaban J connectivity index is 1.25. The second kappa shape index (κ2) is 12.3. The number of hydrogen-bond acceptors (Lipinski definition) is 1. The van der Waals surface area contributed by atoms with Gasteiger partial charge in [0.2, 0.25) is 0 Å². The maximum Gasteiger partial charge on any atom is 0.145 e. The van der Waals surface area contributed by atoms with Crippen molar-refractivity contribution in [3.05, 3.63) is 181 Å². The molecule has 0 fully saturated rings. The van der Waals surface area contributed by atoms with Crippen LogP contribution in [0.25, 0.3) is 83.0 Å². The first-order valence-electron chi connectivity index (χ1n) is 17.4. The third kappa shape index (κ3) is 5.09. The number of para-hydroxylation sites is 2. The van der Waals surface area contributed by atoms with Crippen LogP contribution in [0.2, 0.25) is 0 Å². The zero-order valence-electron chi connectivity index (χ0n) is 28.2. The molecule has 1 aromatic heterocycles. The average molecular weight is 641 g/mol. The summed E-state index contributed by atoms with van der Waals surface area (Å²) in [6.45, 7) is 4.55. The molecule has 2 heteroatoms. The smallest absolute Gasteiger partial charge is 0.145 e. The van der Waals surface area contributed by atoms with E-state index < -0.39 is 0 Å². The van der Waals surface area contributed by atoms with E-state index in [0.717, 1.165) is 28.1 Å². The number of hydrogen-bond donors (Lipinski definition) is 0. The summed E-state index contributed by atoms with van der Waals surface area (Å²) in [6.07, 6.45) is 0. The first-order chi connectivity index (χ1) is 24.6. The van der Waals surface area contributed by atoms with Crippen molar-refractivity contribution in [2.45, 2.75) is 19.8 Å². The summed E-state index contributed by atoms with van der Waals surface area (Å²) in [5.74, 6) is 1.38. The lowest BCUT2D eigenvalue weighted by Gasteiger charge is -2.20. The number of imidazole rings is 1. The molecule has 9 rings (SSSR count). The molecule has 2 nitrogen and oxygen atoms in total. The molecule has 0 radical (unpaired) electrons. The molecular weight excluding hydrogens is 605 g/mol. The van der Waals surface area contributed by atoms with Gasteiger partial charge in [-0.1, -0.05) is 159 Å². The van der Waals surface area contributed by atoms with Gasteiger partial charge in [0, 0.05) is 11.3 Å². The fourth-order valence-electron chi connectivity index (χ4n) is 7.49. The van der Waals surface area contributed by atoms with Crippen LogP contribution in [0, 0.1) is 0 Å². The highest BCUT2D eigenvalue weighted by atomic mass is 15.1. The minimum atomic E-state index is 0.438. The van der Waals surface area contributed by atoms with Gasteiger partial charge >= 0.3 is 0 Å². The molecule has 0 bridgehead atoms. The van der Waals surface area contributed by atoms with Crippen LogP contribution in [0.3, 0.4) is 0 Å². The van der Waals surface area contributed by atoms with Crippen molar-refractivity contribution < 1.29 is 0 Å². The van der Waals surface area contributed by atoms with E-state index in [4.69, 9.17) is 4.98 Å². The summed E-state index contributed by atoms with van der Waals surface area (Å²) < 4.78 is 2.27. The molecule has 0 saturated heterocycles. The normalized spacial score (nSPS) is 11.6. The van der Waals surface area contributed by atoms with E-state index in [2.05, 4.69) is 188 Å². The van der Waals surface area contributed by atoms with Crippen molar-refractivity contribution in [3.63, 3.8) is 0 Å².